The number of hydrogen-bond donors (Lipinski definition) is 2. The number of likely N-dealkylation sites (tertiary alicyclic amines) is 1. The first-order chi connectivity index (χ1) is 14.4. The van der Waals surface area contributed by atoms with Gasteiger partial charge in [0.15, 0.2) is 0 Å². The molecule has 2 aromatic carbocycles. The topological polar surface area (TPSA) is 94.9 Å². The van der Waals surface area contributed by atoms with E-state index in [0.717, 1.165) is 11.1 Å². The van der Waals surface area contributed by atoms with E-state index in [4.69, 9.17) is 5.11 Å². The molecule has 0 bridgehead atoms. The number of Topliss-reactive ketones (excluding diaryl/α,β-unsaturated/α-hetero) is 1. The van der Waals surface area contributed by atoms with Crippen LogP contribution in [-0.2, 0) is 14.4 Å². The minimum atomic E-state index is -0.970. The third kappa shape index (κ3) is 4.66. The van der Waals surface area contributed by atoms with E-state index in [-0.39, 0.29) is 30.7 Å². The van der Waals surface area contributed by atoms with Gasteiger partial charge in [-0.2, -0.15) is 0 Å². The van der Waals surface area contributed by atoms with Crippen LogP contribution in [0.3, 0.4) is 0 Å². The van der Waals surface area contributed by atoms with Crippen LogP contribution in [0.1, 0.15) is 29.5 Å². The molecule has 6 heteroatoms. The third-order valence-corrected chi connectivity index (χ3v) is 4.97. The summed E-state index contributed by atoms with van der Waals surface area (Å²) in [6, 6.07) is 15.6. The minimum Gasteiger partial charge on any atom is -0.507 e. The molecule has 0 aliphatic carbocycles. The molecule has 1 unspecified atom stereocenters. The van der Waals surface area contributed by atoms with Crippen molar-refractivity contribution in [2.24, 2.45) is 0 Å². The number of hydrogen-bond acceptors (Lipinski definition) is 4. The Morgan fingerprint density at radius 1 is 1.03 bits per heavy atom. The molecule has 0 radical (unpaired) electrons. The molecule has 154 valence electrons. The smallest absolute Gasteiger partial charge is 0.303 e. The summed E-state index contributed by atoms with van der Waals surface area (Å²) in [5.74, 6) is -2.72. The molecule has 2 aromatic rings. The van der Waals surface area contributed by atoms with Gasteiger partial charge in [0.25, 0.3) is 11.7 Å². The maximum atomic E-state index is 12.8. The number of nitrogens with zero attached hydrogens (tertiary/aromatic N) is 1. The summed E-state index contributed by atoms with van der Waals surface area (Å²) < 4.78 is 0. The van der Waals surface area contributed by atoms with Gasteiger partial charge in [-0.05, 0) is 18.9 Å². The highest BCUT2D eigenvalue weighted by Gasteiger charge is 2.43. The Balaban J connectivity index is 2.01. The molecule has 0 saturated carbocycles. The van der Waals surface area contributed by atoms with Crippen molar-refractivity contribution in [3.8, 4) is 0 Å². The zero-order chi connectivity index (χ0) is 21.7. The van der Waals surface area contributed by atoms with Gasteiger partial charge in [0.2, 0.25) is 0 Å². The van der Waals surface area contributed by atoms with Crippen LogP contribution in [0.4, 0.5) is 0 Å². The Hall–Kier alpha value is -3.67. The Morgan fingerprint density at radius 2 is 1.70 bits per heavy atom. The second kappa shape index (κ2) is 9.22. The molecule has 2 N–H and O–H groups in total. The number of aliphatic hydroxyl groups is 1. The SMILES string of the molecule is Cc1ccc(C(O)=C2C(=O)C(=O)N(CCCC(=O)O)C2C=Cc2ccccc2)cc1. The van der Waals surface area contributed by atoms with E-state index in [9.17, 15) is 19.5 Å². The van der Waals surface area contributed by atoms with Crippen LogP contribution in [0.5, 0.6) is 0 Å². The zero-order valence-corrected chi connectivity index (χ0v) is 16.6. The Bertz CT molecular complexity index is 1010. The predicted molar refractivity (Wildman–Crippen MR) is 114 cm³/mol. The summed E-state index contributed by atoms with van der Waals surface area (Å²) in [6.45, 7) is 2.01. The van der Waals surface area contributed by atoms with Crippen LogP contribution >= 0.6 is 0 Å². The molecule has 1 heterocycles. The van der Waals surface area contributed by atoms with Gasteiger partial charge in [-0.15, -0.1) is 0 Å². The number of carboxylic acid groups (broad SMARTS) is 1. The number of carbonyl (C=O) groups is 3. The van der Waals surface area contributed by atoms with Gasteiger partial charge in [0, 0.05) is 18.5 Å². The molecule has 3 rings (SSSR count). The molecule has 0 aromatic heterocycles. The molecule has 1 atom stereocenters. The molecule has 6 nitrogen and oxygen atoms in total. The quantitative estimate of drug-likeness (QED) is 0.417. The van der Waals surface area contributed by atoms with Gasteiger partial charge in [0.05, 0.1) is 11.6 Å². The normalized spacial score (nSPS) is 18.3. The van der Waals surface area contributed by atoms with Crippen LogP contribution in [0.2, 0.25) is 0 Å². The van der Waals surface area contributed by atoms with Gasteiger partial charge in [-0.3, -0.25) is 14.4 Å². The van der Waals surface area contributed by atoms with Crippen molar-refractivity contribution < 1.29 is 24.6 Å². The fourth-order valence-electron chi connectivity index (χ4n) is 3.38. The molecular weight excluding hydrogens is 382 g/mol. The minimum absolute atomic E-state index is 0.00589. The highest BCUT2D eigenvalue weighted by Crippen LogP contribution is 2.30. The average molecular weight is 405 g/mol. The molecule has 30 heavy (non-hydrogen) atoms. The molecule has 1 amide bonds. The van der Waals surface area contributed by atoms with Crippen LogP contribution in [0.25, 0.3) is 11.8 Å². The first-order valence-corrected chi connectivity index (χ1v) is 9.69. The fraction of sp³-hybridized carbons (Fsp3) is 0.208. The van der Waals surface area contributed by atoms with E-state index >= 15 is 0 Å². The van der Waals surface area contributed by atoms with Crippen molar-refractivity contribution >= 4 is 29.5 Å². The van der Waals surface area contributed by atoms with Crippen molar-refractivity contribution in [1.29, 1.82) is 0 Å². The lowest BCUT2D eigenvalue weighted by Gasteiger charge is -2.22. The summed E-state index contributed by atoms with van der Waals surface area (Å²) in [6.07, 6.45) is 3.57. The third-order valence-electron chi connectivity index (χ3n) is 4.97. The zero-order valence-electron chi connectivity index (χ0n) is 16.6. The molecule has 1 aliphatic heterocycles. The van der Waals surface area contributed by atoms with Gasteiger partial charge < -0.3 is 15.1 Å². The monoisotopic (exact) mass is 405 g/mol. The standard InChI is InChI=1S/C24H23NO5/c1-16-9-12-18(13-10-16)22(28)21-19(14-11-17-6-3-2-4-7-17)25(24(30)23(21)29)15-5-8-20(26)27/h2-4,6-7,9-14,19,28H,5,8,15H2,1H3,(H,26,27). The number of amides is 1. The number of rotatable bonds is 7. The number of aliphatic carboxylic acids is 1. The molecule has 1 aliphatic rings. The Labute approximate surface area is 174 Å². The van der Waals surface area contributed by atoms with Crippen molar-refractivity contribution in [1.82, 2.24) is 4.90 Å². The van der Waals surface area contributed by atoms with Gasteiger partial charge in [0.1, 0.15) is 5.76 Å². The van der Waals surface area contributed by atoms with E-state index in [1.54, 1.807) is 24.3 Å². The highest BCUT2D eigenvalue weighted by molar-refractivity contribution is 6.47. The van der Waals surface area contributed by atoms with E-state index in [1.165, 1.54) is 4.90 Å². The second-order valence-corrected chi connectivity index (χ2v) is 7.17. The van der Waals surface area contributed by atoms with Crippen LogP contribution in [0.15, 0.2) is 66.2 Å². The number of benzene rings is 2. The van der Waals surface area contributed by atoms with E-state index in [0.29, 0.717) is 5.56 Å². The van der Waals surface area contributed by atoms with Crippen molar-refractivity contribution in [2.45, 2.75) is 25.8 Å². The van der Waals surface area contributed by atoms with E-state index < -0.39 is 23.7 Å². The summed E-state index contributed by atoms with van der Waals surface area (Å²) >= 11 is 0. The lowest BCUT2D eigenvalue weighted by Crippen LogP contribution is -2.34. The predicted octanol–water partition coefficient (Wildman–Crippen LogP) is 3.62. The summed E-state index contributed by atoms with van der Waals surface area (Å²) in [7, 11) is 0. The molecule has 1 saturated heterocycles. The largest absolute Gasteiger partial charge is 0.507 e. The number of carbonyl (C=O) groups excluding carboxylic acids is 2. The first-order valence-electron chi connectivity index (χ1n) is 9.69. The molecule has 1 fully saturated rings. The van der Waals surface area contributed by atoms with Crippen LogP contribution in [-0.4, -0.2) is 45.4 Å². The van der Waals surface area contributed by atoms with E-state index in [2.05, 4.69) is 0 Å². The van der Waals surface area contributed by atoms with Gasteiger partial charge in [-0.25, -0.2) is 0 Å². The Kier molecular flexibility index (Phi) is 6.47. The van der Waals surface area contributed by atoms with Gasteiger partial charge >= 0.3 is 5.97 Å². The number of aryl methyl sites for hydroxylation is 1. The number of carboxylic acids is 1. The van der Waals surface area contributed by atoms with E-state index in [1.807, 2.05) is 49.4 Å². The lowest BCUT2D eigenvalue weighted by atomic mass is 9.99. The van der Waals surface area contributed by atoms with Crippen molar-refractivity contribution in [3.05, 3.63) is 82.9 Å². The molecular formula is C24H23NO5. The van der Waals surface area contributed by atoms with Crippen molar-refractivity contribution in [2.75, 3.05) is 6.54 Å². The average Bonchev–Trinajstić information content (AvgIpc) is 2.97. The van der Waals surface area contributed by atoms with Crippen LogP contribution in [0, 0.1) is 6.92 Å². The number of ketones is 1. The number of aliphatic hydroxyl groups excluding tert-OH is 1. The highest BCUT2D eigenvalue weighted by atomic mass is 16.4. The summed E-state index contributed by atoms with van der Waals surface area (Å²) in [5, 5.41) is 19.8. The maximum absolute atomic E-state index is 12.8. The second-order valence-electron chi connectivity index (χ2n) is 7.17. The summed E-state index contributed by atoms with van der Waals surface area (Å²) in [4.78, 5) is 37.6. The summed E-state index contributed by atoms with van der Waals surface area (Å²) in [5.41, 5.74) is 2.33. The molecule has 0 spiro atoms. The Morgan fingerprint density at radius 3 is 2.33 bits per heavy atom. The lowest BCUT2D eigenvalue weighted by molar-refractivity contribution is -0.140. The maximum Gasteiger partial charge on any atom is 0.303 e. The fourth-order valence-corrected chi connectivity index (χ4v) is 3.38. The van der Waals surface area contributed by atoms with Gasteiger partial charge in [-0.1, -0.05) is 72.3 Å². The van der Waals surface area contributed by atoms with Crippen LogP contribution < -0.4 is 0 Å². The first kappa shape index (κ1) is 21.0. The van der Waals surface area contributed by atoms with Crippen molar-refractivity contribution in [3.63, 3.8) is 0 Å².